The van der Waals surface area contributed by atoms with Gasteiger partial charge in [0.05, 0.1) is 0 Å². The lowest BCUT2D eigenvalue weighted by atomic mass is 9.83. The molecule has 0 atom stereocenters. The van der Waals surface area contributed by atoms with Gasteiger partial charge in [-0.1, -0.05) is 146 Å². The largest absolute Gasteiger partial charge is 0.456 e. The predicted molar refractivity (Wildman–Crippen MR) is 227 cm³/mol. The fraction of sp³-hybridized carbons (Fsp3) is 0. The van der Waals surface area contributed by atoms with Crippen molar-refractivity contribution in [2.24, 2.45) is 0 Å². The summed E-state index contributed by atoms with van der Waals surface area (Å²) in [5.74, 6) is 0. The first-order chi connectivity index (χ1) is 26.8. The third-order valence-electron chi connectivity index (χ3n) is 11.4. The summed E-state index contributed by atoms with van der Waals surface area (Å²) < 4.78 is 13.4. The van der Waals surface area contributed by atoms with Gasteiger partial charge < -0.3 is 8.83 Å². The molecule has 250 valence electrons. The molecule has 0 radical (unpaired) electrons. The SMILES string of the molecule is c1ccc(-c2cc(-c3c4ccccc4c(-c4cc5ccc6oc7ccccc7c6c5c5c4oc4ccccc45)c4ccccc34)c3ccccc3c2)cc1. The number of hydrogen-bond acceptors (Lipinski definition) is 2. The molecule has 12 aromatic rings. The van der Waals surface area contributed by atoms with Gasteiger partial charge in [-0.2, -0.15) is 0 Å². The zero-order valence-corrected chi connectivity index (χ0v) is 29.1. The van der Waals surface area contributed by atoms with E-state index in [4.69, 9.17) is 8.83 Å². The molecular weight excluding hydrogens is 657 g/mol. The van der Waals surface area contributed by atoms with Gasteiger partial charge in [-0.3, -0.25) is 0 Å². The fourth-order valence-electron chi connectivity index (χ4n) is 9.14. The van der Waals surface area contributed by atoms with E-state index >= 15 is 0 Å². The predicted octanol–water partition coefficient (Wildman–Crippen LogP) is 15.1. The maximum Gasteiger partial charge on any atom is 0.143 e. The average Bonchev–Trinajstić information content (AvgIpc) is 3.82. The quantitative estimate of drug-likeness (QED) is 0.173. The van der Waals surface area contributed by atoms with Gasteiger partial charge in [-0.15, -0.1) is 0 Å². The number of hydrogen-bond donors (Lipinski definition) is 0. The van der Waals surface area contributed by atoms with Crippen LogP contribution in [0.25, 0.3) is 120 Å². The zero-order chi connectivity index (χ0) is 35.3. The minimum Gasteiger partial charge on any atom is -0.456 e. The van der Waals surface area contributed by atoms with Gasteiger partial charge in [0.2, 0.25) is 0 Å². The molecule has 0 aliphatic carbocycles. The minimum absolute atomic E-state index is 0.875. The molecule has 12 rings (SSSR count). The Hall–Kier alpha value is -7.16. The summed E-state index contributed by atoms with van der Waals surface area (Å²) in [6, 6.07) is 65.5. The third-order valence-corrected chi connectivity index (χ3v) is 11.4. The summed E-state index contributed by atoms with van der Waals surface area (Å²) >= 11 is 0. The van der Waals surface area contributed by atoms with E-state index in [0.29, 0.717) is 0 Å². The Morgan fingerprint density at radius 2 is 0.815 bits per heavy atom. The van der Waals surface area contributed by atoms with Crippen LogP contribution in [-0.4, -0.2) is 0 Å². The molecule has 54 heavy (non-hydrogen) atoms. The number of fused-ring (bicyclic) bond motifs is 12. The normalized spacial score (nSPS) is 12.1. The van der Waals surface area contributed by atoms with Gasteiger partial charge in [-0.25, -0.2) is 0 Å². The lowest BCUT2D eigenvalue weighted by Crippen LogP contribution is -1.93. The second-order valence-electron chi connectivity index (χ2n) is 14.3. The lowest BCUT2D eigenvalue weighted by molar-refractivity contribution is 0.669. The highest BCUT2D eigenvalue weighted by atomic mass is 16.3. The zero-order valence-electron chi connectivity index (χ0n) is 29.1. The van der Waals surface area contributed by atoms with Crippen molar-refractivity contribution in [1.82, 2.24) is 0 Å². The molecule has 2 heteroatoms. The second kappa shape index (κ2) is 11.2. The van der Waals surface area contributed by atoms with Crippen molar-refractivity contribution in [3.8, 4) is 33.4 Å². The fourth-order valence-corrected chi connectivity index (χ4v) is 9.14. The molecule has 0 saturated carbocycles. The number of rotatable bonds is 3. The molecule has 2 aromatic heterocycles. The summed E-state index contributed by atoms with van der Waals surface area (Å²) in [6.45, 7) is 0. The maximum atomic E-state index is 6.99. The van der Waals surface area contributed by atoms with E-state index < -0.39 is 0 Å². The summed E-state index contributed by atoms with van der Waals surface area (Å²) in [6.07, 6.45) is 0. The van der Waals surface area contributed by atoms with Crippen molar-refractivity contribution in [1.29, 1.82) is 0 Å². The molecule has 0 amide bonds. The Labute approximate surface area is 310 Å². The molecule has 0 aliphatic rings. The van der Waals surface area contributed by atoms with Crippen molar-refractivity contribution in [3.05, 3.63) is 182 Å². The first-order valence-electron chi connectivity index (χ1n) is 18.5. The number of furan rings is 2. The van der Waals surface area contributed by atoms with Crippen LogP contribution in [0.3, 0.4) is 0 Å². The average molecular weight is 687 g/mol. The smallest absolute Gasteiger partial charge is 0.143 e. The van der Waals surface area contributed by atoms with Crippen molar-refractivity contribution < 1.29 is 8.83 Å². The minimum atomic E-state index is 0.875. The standard InChI is InChI=1S/C52H30O2/c1-2-14-31(15-3-1)34-28-32-16-4-5-17-35(32)42(30-34)48-36-18-6-8-20-38(36)49(39-21-9-7-19-37(39)48)43-29-33-26-27-46-50(40-22-10-12-24-44(40)53-46)47(33)51-41-23-11-13-25-45(41)54-52(43)51/h1-30H. The van der Waals surface area contributed by atoms with Crippen LogP contribution in [0.15, 0.2) is 191 Å². The summed E-state index contributed by atoms with van der Waals surface area (Å²) in [5, 5.41) is 14.0. The van der Waals surface area contributed by atoms with Crippen LogP contribution in [0.1, 0.15) is 0 Å². The van der Waals surface area contributed by atoms with Gasteiger partial charge in [0.25, 0.3) is 0 Å². The molecule has 2 heterocycles. The topological polar surface area (TPSA) is 26.3 Å². The Morgan fingerprint density at radius 3 is 1.50 bits per heavy atom. The van der Waals surface area contributed by atoms with Gasteiger partial charge in [0.1, 0.15) is 22.3 Å². The molecular formula is C52H30O2. The second-order valence-corrected chi connectivity index (χ2v) is 14.3. The summed E-state index contributed by atoms with van der Waals surface area (Å²) in [5.41, 5.74) is 10.7. The van der Waals surface area contributed by atoms with Crippen molar-refractivity contribution in [3.63, 3.8) is 0 Å². The van der Waals surface area contributed by atoms with E-state index in [2.05, 4.69) is 176 Å². The molecule has 2 nitrogen and oxygen atoms in total. The molecule has 0 aliphatic heterocycles. The van der Waals surface area contributed by atoms with Crippen LogP contribution < -0.4 is 0 Å². The van der Waals surface area contributed by atoms with Crippen LogP contribution >= 0.6 is 0 Å². The Kier molecular flexibility index (Phi) is 6.09. The van der Waals surface area contributed by atoms with E-state index in [9.17, 15) is 0 Å². The monoisotopic (exact) mass is 686 g/mol. The molecule has 0 N–H and O–H groups in total. The molecule has 0 unspecified atom stereocenters. The van der Waals surface area contributed by atoms with Gasteiger partial charge in [0, 0.05) is 38.1 Å². The van der Waals surface area contributed by atoms with Crippen LogP contribution in [0, 0.1) is 0 Å². The molecule has 0 saturated heterocycles. The Bertz CT molecular complexity index is 3430. The van der Waals surface area contributed by atoms with Crippen LogP contribution in [0.5, 0.6) is 0 Å². The van der Waals surface area contributed by atoms with E-state index in [1.807, 2.05) is 6.07 Å². The highest BCUT2D eigenvalue weighted by molar-refractivity contribution is 6.34. The summed E-state index contributed by atoms with van der Waals surface area (Å²) in [7, 11) is 0. The van der Waals surface area contributed by atoms with E-state index in [1.165, 1.54) is 60.1 Å². The van der Waals surface area contributed by atoms with Crippen molar-refractivity contribution in [2.75, 3.05) is 0 Å². The Balaban J connectivity index is 1.25. The van der Waals surface area contributed by atoms with E-state index in [0.717, 1.165) is 60.2 Å². The van der Waals surface area contributed by atoms with Crippen molar-refractivity contribution in [2.45, 2.75) is 0 Å². The van der Waals surface area contributed by atoms with Crippen LogP contribution in [0.2, 0.25) is 0 Å². The van der Waals surface area contributed by atoms with E-state index in [1.54, 1.807) is 0 Å². The van der Waals surface area contributed by atoms with Crippen LogP contribution in [0.4, 0.5) is 0 Å². The molecule has 10 aromatic carbocycles. The summed E-state index contributed by atoms with van der Waals surface area (Å²) in [4.78, 5) is 0. The van der Waals surface area contributed by atoms with E-state index in [-0.39, 0.29) is 0 Å². The molecule has 0 fully saturated rings. The maximum absolute atomic E-state index is 6.99. The highest BCUT2D eigenvalue weighted by Gasteiger charge is 2.24. The van der Waals surface area contributed by atoms with Crippen LogP contribution in [-0.2, 0) is 0 Å². The highest BCUT2D eigenvalue weighted by Crippen LogP contribution is 2.51. The Morgan fingerprint density at radius 1 is 0.278 bits per heavy atom. The third kappa shape index (κ3) is 4.11. The van der Waals surface area contributed by atoms with Gasteiger partial charge in [-0.05, 0) is 96.4 Å². The van der Waals surface area contributed by atoms with Gasteiger partial charge in [0.15, 0.2) is 0 Å². The number of benzene rings is 10. The molecule has 0 spiro atoms. The van der Waals surface area contributed by atoms with Crippen molar-refractivity contribution >= 4 is 87.0 Å². The molecule has 0 bridgehead atoms. The first-order valence-corrected chi connectivity index (χ1v) is 18.5. The van der Waals surface area contributed by atoms with Gasteiger partial charge >= 0.3 is 0 Å². The number of para-hydroxylation sites is 2. The lowest BCUT2D eigenvalue weighted by Gasteiger charge is -2.20. The first kappa shape index (κ1) is 29.4.